The summed E-state index contributed by atoms with van der Waals surface area (Å²) in [6, 6.07) is 13.5. The molecule has 0 N–H and O–H groups in total. The van der Waals surface area contributed by atoms with E-state index in [0.29, 0.717) is 12.5 Å². The van der Waals surface area contributed by atoms with Crippen molar-refractivity contribution in [1.29, 1.82) is 0 Å². The van der Waals surface area contributed by atoms with E-state index in [1.165, 1.54) is 0 Å². The Labute approximate surface area is 135 Å². The Hall–Kier alpha value is -2.73. The molecule has 0 saturated heterocycles. The number of hydrogen-bond acceptors (Lipinski definition) is 2. The number of para-hydroxylation sites is 1. The maximum Gasteiger partial charge on any atom is 0.418 e. The Bertz CT molecular complexity index is 914. The Kier molecular flexibility index (Phi) is 4.08. The van der Waals surface area contributed by atoms with E-state index in [9.17, 15) is 4.79 Å². The van der Waals surface area contributed by atoms with Gasteiger partial charge in [0.25, 0.3) is 0 Å². The van der Waals surface area contributed by atoms with Crippen LogP contribution in [0.3, 0.4) is 0 Å². The van der Waals surface area contributed by atoms with E-state index in [-0.39, 0.29) is 6.09 Å². The molecule has 1 atom stereocenters. The second-order valence-corrected chi connectivity index (χ2v) is 5.82. The summed E-state index contributed by atoms with van der Waals surface area (Å²) in [5.41, 5.74) is 2.37. The molecule has 116 valence electrons. The molecule has 0 unspecified atom stereocenters. The summed E-state index contributed by atoms with van der Waals surface area (Å²) in [5, 5.41) is 2.02. The monoisotopic (exact) mass is 305 g/mol. The van der Waals surface area contributed by atoms with Gasteiger partial charge in [0, 0.05) is 16.3 Å². The van der Waals surface area contributed by atoms with Crippen LogP contribution in [0.15, 0.2) is 42.5 Å². The highest BCUT2D eigenvalue weighted by atomic mass is 16.5. The third-order valence-corrected chi connectivity index (χ3v) is 4.21. The largest absolute Gasteiger partial charge is 0.449 e. The third-order valence-electron chi connectivity index (χ3n) is 4.21. The number of carbonyl (C=O) groups is 1. The number of hydrogen-bond donors (Lipinski definition) is 0. The molecule has 0 aliphatic rings. The van der Waals surface area contributed by atoms with E-state index in [1.807, 2.05) is 42.5 Å². The molecule has 3 aromatic rings. The zero-order valence-corrected chi connectivity index (χ0v) is 13.4. The highest BCUT2D eigenvalue weighted by molar-refractivity contribution is 6.12. The maximum atomic E-state index is 12.6. The Morgan fingerprint density at radius 2 is 1.96 bits per heavy atom. The number of aromatic nitrogens is 1. The number of carbonyl (C=O) groups excluding carboxylic acids is 1. The standard InChI is InChI=1S/C20H19NO2/c1-4-14(3)13-23-20(22)21-18-9-7-6-8-16(18)17-11-10-15(5-2)12-19(17)21/h2,6-12,14H,4,13H2,1,3H3/t14-/m0/s1. The lowest BCUT2D eigenvalue weighted by atomic mass is 10.1. The average Bonchev–Trinajstić information content (AvgIpc) is 2.92. The predicted molar refractivity (Wildman–Crippen MR) is 93.6 cm³/mol. The molecule has 3 nitrogen and oxygen atoms in total. The first-order valence-corrected chi connectivity index (χ1v) is 7.82. The summed E-state index contributed by atoms with van der Waals surface area (Å²) in [6.07, 6.45) is 6.12. The van der Waals surface area contributed by atoms with E-state index in [0.717, 1.165) is 33.8 Å². The summed E-state index contributed by atoms with van der Waals surface area (Å²) >= 11 is 0. The number of ether oxygens (including phenoxy) is 1. The van der Waals surface area contributed by atoms with Gasteiger partial charge in [-0.2, -0.15) is 0 Å². The van der Waals surface area contributed by atoms with Crippen molar-refractivity contribution in [1.82, 2.24) is 4.57 Å². The van der Waals surface area contributed by atoms with Crippen LogP contribution in [-0.4, -0.2) is 17.3 Å². The zero-order valence-electron chi connectivity index (χ0n) is 13.4. The molecular formula is C20H19NO2. The minimum atomic E-state index is -0.356. The van der Waals surface area contributed by atoms with Crippen molar-refractivity contribution >= 4 is 27.9 Å². The van der Waals surface area contributed by atoms with Gasteiger partial charge in [-0.15, -0.1) is 6.42 Å². The van der Waals surface area contributed by atoms with Crippen LogP contribution in [0.25, 0.3) is 21.8 Å². The van der Waals surface area contributed by atoms with E-state index in [1.54, 1.807) is 4.57 Å². The topological polar surface area (TPSA) is 31.2 Å². The number of fused-ring (bicyclic) bond motifs is 3. The summed E-state index contributed by atoms with van der Waals surface area (Å²) in [6.45, 7) is 4.56. The Morgan fingerprint density at radius 3 is 2.70 bits per heavy atom. The van der Waals surface area contributed by atoms with Gasteiger partial charge >= 0.3 is 6.09 Å². The summed E-state index contributed by atoms with van der Waals surface area (Å²) in [5.74, 6) is 2.96. The molecule has 0 aliphatic heterocycles. The third kappa shape index (κ3) is 2.68. The summed E-state index contributed by atoms with van der Waals surface area (Å²) in [4.78, 5) is 12.6. The normalized spacial score (nSPS) is 12.2. The summed E-state index contributed by atoms with van der Waals surface area (Å²) in [7, 11) is 0. The SMILES string of the molecule is C#Cc1ccc2c3ccccc3n(C(=O)OC[C@@H](C)CC)c2c1. The fourth-order valence-electron chi connectivity index (χ4n) is 2.65. The van der Waals surface area contributed by atoms with Crippen molar-refractivity contribution in [2.45, 2.75) is 20.3 Å². The molecular weight excluding hydrogens is 286 g/mol. The number of benzene rings is 2. The van der Waals surface area contributed by atoms with Gasteiger partial charge in [-0.05, 0) is 24.1 Å². The predicted octanol–water partition coefficient (Wildman–Crippen LogP) is 4.81. The zero-order chi connectivity index (χ0) is 16.4. The van der Waals surface area contributed by atoms with Crippen molar-refractivity contribution in [3.05, 3.63) is 48.0 Å². The van der Waals surface area contributed by atoms with Crippen molar-refractivity contribution in [2.24, 2.45) is 5.92 Å². The molecule has 0 radical (unpaired) electrons. The molecule has 0 amide bonds. The molecule has 0 fully saturated rings. The molecule has 3 heteroatoms. The maximum absolute atomic E-state index is 12.6. The molecule has 0 aliphatic carbocycles. The molecule has 2 aromatic carbocycles. The van der Waals surface area contributed by atoms with E-state index in [2.05, 4.69) is 19.8 Å². The van der Waals surface area contributed by atoms with Gasteiger partial charge in [0.15, 0.2) is 0 Å². The van der Waals surface area contributed by atoms with Gasteiger partial charge in [0.2, 0.25) is 0 Å². The molecule has 3 rings (SSSR count). The van der Waals surface area contributed by atoms with Gasteiger partial charge in [0.1, 0.15) is 0 Å². The quantitative estimate of drug-likeness (QED) is 0.650. The molecule has 0 saturated carbocycles. The van der Waals surface area contributed by atoms with Crippen LogP contribution < -0.4 is 0 Å². The lowest BCUT2D eigenvalue weighted by Crippen LogP contribution is -2.17. The highest BCUT2D eigenvalue weighted by Crippen LogP contribution is 2.29. The van der Waals surface area contributed by atoms with Crippen molar-refractivity contribution in [3.8, 4) is 12.3 Å². The van der Waals surface area contributed by atoms with Crippen LogP contribution in [0.4, 0.5) is 4.79 Å². The van der Waals surface area contributed by atoms with E-state index >= 15 is 0 Å². The van der Waals surface area contributed by atoms with Gasteiger partial charge in [-0.25, -0.2) is 9.36 Å². The average molecular weight is 305 g/mol. The van der Waals surface area contributed by atoms with Gasteiger partial charge in [-0.3, -0.25) is 0 Å². The van der Waals surface area contributed by atoms with Gasteiger partial charge in [0.05, 0.1) is 17.6 Å². The smallest absolute Gasteiger partial charge is 0.418 e. The molecule has 1 aromatic heterocycles. The summed E-state index contributed by atoms with van der Waals surface area (Å²) < 4.78 is 7.12. The first kappa shape index (κ1) is 15.2. The Balaban J connectivity index is 2.16. The lowest BCUT2D eigenvalue weighted by molar-refractivity contribution is 0.132. The second-order valence-electron chi connectivity index (χ2n) is 5.82. The lowest BCUT2D eigenvalue weighted by Gasteiger charge is -2.11. The number of rotatable bonds is 3. The molecule has 0 bridgehead atoms. The van der Waals surface area contributed by atoms with E-state index in [4.69, 9.17) is 11.2 Å². The van der Waals surface area contributed by atoms with Crippen LogP contribution in [0.1, 0.15) is 25.8 Å². The van der Waals surface area contributed by atoms with Crippen molar-refractivity contribution in [3.63, 3.8) is 0 Å². The van der Waals surface area contributed by atoms with Gasteiger partial charge in [-0.1, -0.05) is 50.5 Å². The van der Waals surface area contributed by atoms with Gasteiger partial charge < -0.3 is 4.74 Å². The highest BCUT2D eigenvalue weighted by Gasteiger charge is 2.17. The van der Waals surface area contributed by atoms with Crippen LogP contribution in [-0.2, 0) is 4.74 Å². The van der Waals surface area contributed by atoms with Crippen molar-refractivity contribution in [2.75, 3.05) is 6.61 Å². The van der Waals surface area contributed by atoms with E-state index < -0.39 is 0 Å². The fraction of sp³-hybridized carbons (Fsp3) is 0.250. The van der Waals surface area contributed by atoms with Crippen molar-refractivity contribution < 1.29 is 9.53 Å². The molecule has 1 heterocycles. The fourth-order valence-corrected chi connectivity index (χ4v) is 2.65. The van der Waals surface area contributed by atoms with Crippen LogP contribution in [0, 0.1) is 18.3 Å². The second kappa shape index (κ2) is 6.18. The molecule has 0 spiro atoms. The Morgan fingerprint density at radius 1 is 1.22 bits per heavy atom. The minimum absolute atomic E-state index is 0.341. The first-order valence-electron chi connectivity index (χ1n) is 7.82. The number of terminal acetylenes is 1. The van der Waals surface area contributed by atoms with Crippen LogP contribution in [0.2, 0.25) is 0 Å². The minimum Gasteiger partial charge on any atom is -0.449 e. The van der Waals surface area contributed by atoms with Crippen LogP contribution in [0.5, 0.6) is 0 Å². The van der Waals surface area contributed by atoms with Crippen LogP contribution >= 0.6 is 0 Å². The number of nitrogens with zero attached hydrogens (tertiary/aromatic N) is 1. The molecule has 23 heavy (non-hydrogen) atoms. The first-order chi connectivity index (χ1) is 11.2.